The summed E-state index contributed by atoms with van der Waals surface area (Å²) in [7, 11) is 0. The molecule has 1 saturated heterocycles. The molecular weight excluding hydrogens is 316 g/mol. The van der Waals surface area contributed by atoms with Gasteiger partial charge in [-0.3, -0.25) is 4.79 Å². The average molecular weight is 346 g/mol. The molecule has 138 valence electrons. The normalized spacial score (nSPS) is 17.4. The number of carbonyl (C=O) groups excluding carboxylic acids is 2. The molecule has 0 aliphatic carbocycles. The predicted octanol–water partition coefficient (Wildman–Crippen LogP) is 3.96. The number of alkyl carbamates (subject to hydrolysis) is 1. The van der Waals surface area contributed by atoms with Gasteiger partial charge in [0.05, 0.1) is 6.04 Å². The van der Waals surface area contributed by atoms with Gasteiger partial charge in [-0.1, -0.05) is 29.8 Å². The molecule has 2 rings (SSSR count). The van der Waals surface area contributed by atoms with Crippen LogP contribution in [0.1, 0.15) is 63.6 Å². The highest BCUT2D eigenvalue weighted by Crippen LogP contribution is 2.32. The lowest BCUT2D eigenvalue weighted by Gasteiger charge is -2.25. The summed E-state index contributed by atoms with van der Waals surface area (Å²) in [4.78, 5) is 26.1. The van der Waals surface area contributed by atoms with Gasteiger partial charge in [0.1, 0.15) is 5.60 Å². The van der Waals surface area contributed by atoms with Gasteiger partial charge in [0.15, 0.2) is 0 Å². The molecule has 1 fully saturated rings. The van der Waals surface area contributed by atoms with E-state index in [2.05, 4.69) is 36.5 Å². The van der Waals surface area contributed by atoms with Gasteiger partial charge in [-0.25, -0.2) is 4.79 Å². The van der Waals surface area contributed by atoms with Crippen molar-refractivity contribution in [3.8, 4) is 0 Å². The quantitative estimate of drug-likeness (QED) is 0.821. The third-order valence-corrected chi connectivity index (χ3v) is 4.27. The Morgan fingerprint density at radius 3 is 2.56 bits per heavy atom. The van der Waals surface area contributed by atoms with E-state index in [-0.39, 0.29) is 11.9 Å². The van der Waals surface area contributed by atoms with E-state index in [0.29, 0.717) is 19.4 Å². The summed E-state index contributed by atoms with van der Waals surface area (Å²) < 4.78 is 5.18. The third-order valence-electron chi connectivity index (χ3n) is 4.27. The van der Waals surface area contributed by atoms with E-state index in [9.17, 15) is 9.59 Å². The van der Waals surface area contributed by atoms with Gasteiger partial charge < -0.3 is 15.0 Å². The minimum atomic E-state index is -0.503. The second kappa shape index (κ2) is 8.37. The first-order chi connectivity index (χ1) is 11.8. The minimum Gasteiger partial charge on any atom is -0.444 e. The first-order valence-corrected chi connectivity index (χ1v) is 9.09. The van der Waals surface area contributed by atoms with Gasteiger partial charge in [-0.05, 0) is 52.5 Å². The molecule has 1 N–H and O–H groups in total. The van der Waals surface area contributed by atoms with Crippen LogP contribution < -0.4 is 5.32 Å². The van der Waals surface area contributed by atoms with Crippen LogP contribution in [0.25, 0.3) is 0 Å². The SMILES string of the molecule is Cc1ccc(C2CCCN2C(=O)CCCNC(=O)OC(C)(C)C)cc1. The molecule has 2 amide bonds. The van der Waals surface area contributed by atoms with Crippen molar-refractivity contribution in [3.63, 3.8) is 0 Å². The Bertz CT molecular complexity index is 590. The minimum absolute atomic E-state index is 0.161. The summed E-state index contributed by atoms with van der Waals surface area (Å²) in [6.07, 6.45) is 2.69. The Hall–Kier alpha value is -2.04. The van der Waals surface area contributed by atoms with Gasteiger partial charge in [0.25, 0.3) is 0 Å². The summed E-state index contributed by atoms with van der Waals surface area (Å²) >= 11 is 0. The molecule has 1 unspecified atom stereocenters. The maximum Gasteiger partial charge on any atom is 0.407 e. The molecular formula is C20H30N2O3. The van der Waals surface area contributed by atoms with Crippen LogP contribution in [0.2, 0.25) is 0 Å². The molecule has 0 spiro atoms. The fourth-order valence-electron chi connectivity index (χ4n) is 3.09. The van der Waals surface area contributed by atoms with Gasteiger partial charge >= 0.3 is 6.09 Å². The molecule has 5 nitrogen and oxygen atoms in total. The Labute approximate surface area is 150 Å². The Balaban J connectivity index is 1.78. The van der Waals surface area contributed by atoms with E-state index in [1.54, 1.807) is 0 Å². The monoisotopic (exact) mass is 346 g/mol. The highest BCUT2D eigenvalue weighted by molar-refractivity contribution is 5.77. The highest BCUT2D eigenvalue weighted by Gasteiger charge is 2.29. The van der Waals surface area contributed by atoms with Crippen molar-refractivity contribution < 1.29 is 14.3 Å². The van der Waals surface area contributed by atoms with Crippen LogP contribution in [0.3, 0.4) is 0 Å². The zero-order valence-corrected chi connectivity index (χ0v) is 15.8. The molecule has 1 atom stereocenters. The lowest BCUT2D eigenvalue weighted by atomic mass is 10.0. The zero-order chi connectivity index (χ0) is 18.4. The molecule has 0 bridgehead atoms. The third kappa shape index (κ3) is 6.07. The van der Waals surface area contributed by atoms with Crippen molar-refractivity contribution in [2.75, 3.05) is 13.1 Å². The van der Waals surface area contributed by atoms with Crippen LogP contribution in [0.15, 0.2) is 24.3 Å². The van der Waals surface area contributed by atoms with Gasteiger partial charge in [-0.2, -0.15) is 0 Å². The number of ether oxygens (including phenoxy) is 1. The lowest BCUT2D eigenvalue weighted by molar-refractivity contribution is -0.132. The van der Waals surface area contributed by atoms with Crippen molar-refractivity contribution in [1.29, 1.82) is 0 Å². The number of carbonyl (C=O) groups is 2. The topological polar surface area (TPSA) is 58.6 Å². The summed E-state index contributed by atoms with van der Waals surface area (Å²) in [6.45, 7) is 8.82. The van der Waals surface area contributed by atoms with E-state index in [1.165, 1.54) is 11.1 Å². The molecule has 0 saturated carbocycles. The maximum absolute atomic E-state index is 12.6. The number of nitrogens with one attached hydrogen (secondary N) is 1. The largest absolute Gasteiger partial charge is 0.444 e. The summed E-state index contributed by atoms with van der Waals surface area (Å²) in [6, 6.07) is 8.62. The molecule has 1 aromatic rings. The first kappa shape index (κ1) is 19.3. The number of amides is 2. The van der Waals surface area contributed by atoms with Crippen molar-refractivity contribution in [1.82, 2.24) is 10.2 Å². The van der Waals surface area contributed by atoms with Crippen molar-refractivity contribution in [2.45, 2.75) is 65.0 Å². The average Bonchev–Trinajstić information content (AvgIpc) is 3.00. The van der Waals surface area contributed by atoms with Crippen molar-refractivity contribution >= 4 is 12.0 Å². The second-order valence-electron chi connectivity index (χ2n) is 7.69. The number of hydrogen-bond donors (Lipinski definition) is 1. The standard InChI is InChI=1S/C20H30N2O3/c1-15-9-11-16(12-10-15)17-7-6-14-22(17)18(23)8-5-13-21-19(24)25-20(2,3)4/h9-12,17H,5-8,13-14H2,1-4H3,(H,21,24). The predicted molar refractivity (Wildman–Crippen MR) is 98.3 cm³/mol. The second-order valence-corrected chi connectivity index (χ2v) is 7.69. The molecule has 1 aliphatic heterocycles. The van der Waals surface area contributed by atoms with Crippen LogP contribution in [-0.4, -0.2) is 35.6 Å². The van der Waals surface area contributed by atoms with E-state index in [0.717, 1.165) is 19.4 Å². The Kier molecular flexibility index (Phi) is 6.45. The molecule has 25 heavy (non-hydrogen) atoms. The van der Waals surface area contributed by atoms with Crippen LogP contribution >= 0.6 is 0 Å². The fourth-order valence-corrected chi connectivity index (χ4v) is 3.09. The number of hydrogen-bond acceptors (Lipinski definition) is 3. The van der Waals surface area contributed by atoms with Crippen molar-refractivity contribution in [3.05, 3.63) is 35.4 Å². The molecule has 5 heteroatoms. The molecule has 1 aliphatic rings. The van der Waals surface area contributed by atoms with Crippen LogP contribution in [-0.2, 0) is 9.53 Å². The molecule has 1 heterocycles. The summed E-state index contributed by atoms with van der Waals surface area (Å²) in [5.41, 5.74) is 1.94. The summed E-state index contributed by atoms with van der Waals surface area (Å²) in [5, 5.41) is 2.70. The van der Waals surface area contributed by atoms with E-state index in [4.69, 9.17) is 4.74 Å². The smallest absolute Gasteiger partial charge is 0.407 e. The lowest BCUT2D eigenvalue weighted by Crippen LogP contribution is -2.34. The molecule has 0 radical (unpaired) electrons. The maximum atomic E-state index is 12.6. The van der Waals surface area contributed by atoms with Gasteiger partial charge in [0, 0.05) is 19.5 Å². The number of aryl methyl sites for hydroxylation is 1. The number of likely N-dealkylation sites (tertiary alicyclic amines) is 1. The van der Waals surface area contributed by atoms with Gasteiger partial charge in [-0.15, -0.1) is 0 Å². The molecule has 1 aromatic carbocycles. The van der Waals surface area contributed by atoms with E-state index < -0.39 is 11.7 Å². The highest BCUT2D eigenvalue weighted by atomic mass is 16.6. The Morgan fingerprint density at radius 2 is 1.92 bits per heavy atom. The van der Waals surface area contributed by atoms with Crippen LogP contribution in [0.5, 0.6) is 0 Å². The number of benzene rings is 1. The van der Waals surface area contributed by atoms with E-state index >= 15 is 0 Å². The van der Waals surface area contributed by atoms with E-state index in [1.807, 2.05) is 25.7 Å². The van der Waals surface area contributed by atoms with Crippen molar-refractivity contribution in [2.24, 2.45) is 0 Å². The fraction of sp³-hybridized carbons (Fsp3) is 0.600. The Morgan fingerprint density at radius 1 is 1.24 bits per heavy atom. The number of nitrogens with zero attached hydrogens (tertiary/aromatic N) is 1. The molecule has 0 aromatic heterocycles. The first-order valence-electron chi connectivity index (χ1n) is 9.09. The number of rotatable bonds is 5. The van der Waals surface area contributed by atoms with Crippen LogP contribution in [0.4, 0.5) is 4.79 Å². The van der Waals surface area contributed by atoms with Crippen LogP contribution in [0, 0.1) is 6.92 Å². The van der Waals surface area contributed by atoms with Gasteiger partial charge in [0.2, 0.25) is 5.91 Å². The zero-order valence-electron chi connectivity index (χ0n) is 15.8. The summed E-state index contributed by atoms with van der Waals surface area (Å²) in [5.74, 6) is 0.161.